The second-order valence-corrected chi connectivity index (χ2v) is 8.45. The quantitative estimate of drug-likeness (QED) is 0.184. The predicted molar refractivity (Wildman–Crippen MR) is 144 cm³/mol. The molecule has 0 radical (unpaired) electrons. The summed E-state index contributed by atoms with van der Waals surface area (Å²) in [6, 6.07) is 19.2. The molecule has 5 aromatic rings. The summed E-state index contributed by atoms with van der Waals surface area (Å²) in [5.41, 5.74) is 8.06. The highest BCUT2D eigenvalue weighted by Crippen LogP contribution is 2.24. The number of pyridine rings is 1. The van der Waals surface area contributed by atoms with Crippen LogP contribution < -0.4 is 21.9 Å². The molecule has 0 aliphatic rings. The van der Waals surface area contributed by atoms with Crippen LogP contribution in [-0.4, -0.2) is 38.0 Å². The van der Waals surface area contributed by atoms with E-state index in [1.165, 1.54) is 4.52 Å². The molecule has 38 heavy (non-hydrogen) atoms. The van der Waals surface area contributed by atoms with Gasteiger partial charge in [0.2, 0.25) is 6.41 Å². The van der Waals surface area contributed by atoms with Gasteiger partial charge < -0.3 is 16.4 Å². The van der Waals surface area contributed by atoms with Crippen LogP contribution in [0.25, 0.3) is 22.1 Å². The van der Waals surface area contributed by atoms with Crippen molar-refractivity contribution in [2.24, 2.45) is 0 Å². The molecule has 10 nitrogen and oxygen atoms in total. The number of nitrogens with zero attached hydrogens (tertiary/aromatic N) is 4. The van der Waals surface area contributed by atoms with Crippen LogP contribution >= 0.6 is 0 Å². The highest BCUT2D eigenvalue weighted by Gasteiger charge is 2.23. The normalized spacial score (nSPS) is 11.5. The lowest BCUT2D eigenvalue weighted by atomic mass is 10.0. The van der Waals surface area contributed by atoms with Gasteiger partial charge in [-0.25, -0.2) is 9.50 Å². The number of carbonyl (C=O) groups excluding carboxylic acids is 2. The molecule has 5 rings (SSSR count). The van der Waals surface area contributed by atoms with Crippen molar-refractivity contribution < 1.29 is 9.59 Å². The topological polar surface area (TPSA) is 136 Å². The zero-order valence-electron chi connectivity index (χ0n) is 20.4. The van der Waals surface area contributed by atoms with Gasteiger partial charge in [-0.3, -0.25) is 19.0 Å². The number of carbonyl (C=O) groups is 2. The lowest BCUT2D eigenvalue weighted by Crippen LogP contribution is -2.33. The number of nitrogens with one attached hydrogen (secondary N) is 2. The first kappa shape index (κ1) is 24.3. The zero-order valence-corrected chi connectivity index (χ0v) is 20.4. The molecule has 0 saturated carbocycles. The highest BCUT2D eigenvalue weighted by molar-refractivity contribution is 5.98. The van der Waals surface area contributed by atoms with Crippen LogP contribution in [0.1, 0.15) is 34.7 Å². The van der Waals surface area contributed by atoms with E-state index in [2.05, 4.69) is 32.6 Å². The molecular formula is C28H23N7O3. The number of aromatic nitrogens is 4. The Labute approximate surface area is 217 Å². The van der Waals surface area contributed by atoms with Crippen molar-refractivity contribution in [2.45, 2.75) is 13.0 Å². The second-order valence-electron chi connectivity index (χ2n) is 8.45. The maximum absolute atomic E-state index is 14.0. The number of nitrogen functional groups attached to an aromatic ring is 1. The summed E-state index contributed by atoms with van der Waals surface area (Å²) in [6.07, 6.45) is 2.11. The maximum Gasteiger partial charge on any atom is 0.274 e. The number of fused-ring (bicyclic) bond motifs is 2. The van der Waals surface area contributed by atoms with Gasteiger partial charge in [-0.2, -0.15) is 5.10 Å². The Morgan fingerprint density at radius 3 is 2.74 bits per heavy atom. The van der Waals surface area contributed by atoms with E-state index in [0.29, 0.717) is 39.8 Å². The Morgan fingerprint density at radius 1 is 1.13 bits per heavy atom. The summed E-state index contributed by atoms with van der Waals surface area (Å²) in [4.78, 5) is 42.0. The molecule has 0 aliphatic carbocycles. The SMILES string of the molecule is CC(NC(=O)c1c(N)nc2cccnn12)c1cc2cccc(C#CCNC=O)c2c(=O)n1-c1ccccc1. The monoisotopic (exact) mass is 505 g/mol. The first-order valence-corrected chi connectivity index (χ1v) is 11.8. The molecule has 1 unspecified atom stereocenters. The molecule has 1 atom stereocenters. The number of benzene rings is 2. The van der Waals surface area contributed by atoms with Gasteiger partial charge in [0.25, 0.3) is 11.5 Å². The van der Waals surface area contributed by atoms with Gasteiger partial charge in [0.05, 0.1) is 18.0 Å². The van der Waals surface area contributed by atoms with Crippen molar-refractivity contribution in [3.63, 3.8) is 0 Å². The summed E-state index contributed by atoms with van der Waals surface area (Å²) in [5.74, 6) is 5.42. The Morgan fingerprint density at radius 2 is 1.95 bits per heavy atom. The van der Waals surface area contributed by atoms with E-state index in [0.717, 1.165) is 0 Å². The average Bonchev–Trinajstić information content (AvgIpc) is 3.27. The van der Waals surface area contributed by atoms with Gasteiger partial charge in [0.1, 0.15) is 0 Å². The van der Waals surface area contributed by atoms with Crippen LogP contribution in [0.3, 0.4) is 0 Å². The molecule has 0 bridgehead atoms. The molecule has 0 fully saturated rings. The third kappa shape index (κ3) is 4.44. The average molecular weight is 506 g/mol. The molecule has 10 heteroatoms. The minimum absolute atomic E-state index is 0.0552. The maximum atomic E-state index is 14.0. The molecular weight excluding hydrogens is 482 g/mol. The van der Waals surface area contributed by atoms with Crippen LogP contribution in [0.5, 0.6) is 0 Å². The Kier molecular flexibility index (Phi) is 6.57. The fourth-order valence-electron chi connectivity index (χ4n) is 4.34. The number of para-hydroxylation sites is 1. The first-order valence-electron chi connectivity index (χ1n) is 11.8. The number of hydrogen-bond acceptors (Lipinski definition) is 6. The fraction of sp³-hybridized carbons (Fsp3) is 0.107. The van der Waals surface area contributed by atoms with E-state index < -0.39 is 11.9 Å². The minimum Gasteiger partial charge on any atom is -0.382 e. The van der Waals surface area contributed by atoms with E-state index in [1.807, 2.05) is 48.5 Å². The lowest BCUT2D eigenvalue weighted by Gasteiger charge is -2.21. The van der Waals surface area contributed by atoms with E-state index >= 15 is 0 Å². The van der Waals surface area contributed by atoms with Crippen molar-refractivity contribution >= 4 is 34.6 Å². The number of imidazole rings is 1. The third-order valence-corrected chi connectivity index (χ3v) is 6.01. The van der Waals surface area contributed by atoms with Crippen molar-refractivity contribution in [1.29, 1.82) is 0 Å². The molecule has 4 N–H and O–H groups in total. The summed E-state index contributed by atoms with van der Waals surface area (Å²) < 4.78 is 2.95. The van der Waals surface area contributed by atoms with Gasteiger partial charge >= 0.3 is 0 Å². The van der Waals surface area contributed by atoms with Gasteiger partial charge in [0, 0.05) is 23.1 Å². The van der Waals surface area contributed by atoms with Crippen molar-refractivity contribution in [3.05, 3.63) is 100 Å². The summed E-state index contributed by atoms with van der Waals surface area (Å²) >= 11 is 0. The fourth-order valence-corrected chi connectivity index (χ4v) is 4.34. The van der Waals surface area contributed by atoms with Gasteiger partial charge in [0.15, 0.2) is 17.2 Å². The van der Waals surface area contributed by atoms with Crippen LogP contribution in [0.15, 0.2) is 77.7 Å². The smallest absolute Gasteiger partial charge is 0.274 e. The molecule has 3 heterocycles. The number of amides is 2. The number of hydrogen-bond donors (Lipinski definition) is 3. The minimum atomic E-state index is -0.597. The molecule has 3 aromatic heterocycles. The van der Waals surface area contributed by atoms with Crippen LogP contribution in [0, 0.1) is 11.8 Å². The predicted octanol–water partition coefficient (Wildman–Crippen LogP) is 2.20. The zero-order chi connectivity index (χ0) is 26.6. The second kappa shape index (κ2) is 10.3. The van der Waals surface area contributed by atoms with Gasteiger partial charge in [-0.05, 0) is 48.7 Å². The van der Waals surface area contributed by atoms with Crippen molar-refractivity contribution in [2.75, 3.05) is 12.3 Å². The summed E-state index contributed by atoms with van der Waals surface area (Å²) in [5, 5.41) is 10.7. The lowest BCUT2D eigenvalue weighted by molar-refractivity contribution is -0.109. The van der Waals surface area contributed by atoms with Crippen LogP contribution in [-0.2, 0) is 4.79 Å². The van der Waals surface area contributed by atoms with E-state index in [4.69, 9.17) is 5.73 Å². The largest absolute Gasteiger partial charge is 0.382 e. The van der Waals surface area contributed by atoms with Crippen LogP contribution in [0.2, 0.25) is 0 Å². The summed E-state index contributed by atoms with van der Waals surface area (Å²) in [7, 11) is 0. The molecule has 188 valence electrons. The van der Waals surface area contributed by atoms with Crippen LogP contribution in [0.4, 0.5) is 5.82 Å². The Bertz CT molecular complexity index is 1800. The molecule has 2 aromatic carbocycles. The standard InChI is InChI=1S/C28H23N7O3/c1-18(32-27(37)25-26(29)33-23-13-7-15-31-35(23)25)22-16-20-9-5-8-19(10-6-14-30-17-36)24(20)28(38)34(22)21-11-3-2-4-12-21/h2-5,7-9,11-13,15-18H,14,29H2,1H3,(H,30,36)(H,32,37). The van der Waals surface area contributed by atoms with E-state index in [1.54, 1.807) is 35.9 Å². The highest BCUT2D eigenvalue weighted by atomic mass is 16.2. The summed E-state index contributed by atoms with van der Waals surface area (Å²) in [6.45, 7) is 1.95. The van der Waals surface area contributed by atoms with Crippen molar-refractivity contribution in [1.82, 2.24) is 29.8 Å². The van der Waals surface area contributed by atoms with Gasteiger partial charge in [-0.1, -0.05) is 42.2 Å². The molecule has 0 aliphatic heterocycles. The molecule has 2 amide bonds. The van der Waals surface area contributed by atoms with Gasteiger partial charge in [-0.15, -0.1) is 0 Å². The third-order valence-electron chi connectivity index (χ3n) is 6.01. The van der Waals surface area contributed by atoms with E-state index in [-0.39, 0.29) is 23.6 Å². The number of rotatable bonds is 6. The molecule has 0 spiro atoms. The number of nitrogens with two attached hydrogens (primary N) is 1. The molecule has 0 saturated heterocycles. The van der Waals surface area contributed by atoms with E-state index in [9.17, 15) is 14.4 Å². The van der Waals surface area contributed by atoms with Crippen molar-refractivity contribution in [3.8, 4) is 17.5 Å². The Hall–Kier alpha value is -5.43. The Balaban J connectivity index is 1.63. The first-order chi connectivity index (χ1) is 18.5. The number of anilines is 1.